The molecule has 2 aliphatic heterocycles. The summed E-state index contributed by atoms with van der Waals surface area (Å²) in [5.74, 6) is -0.00332. The van der Waals surface area contributed by atoms with Crippen molar-refractivity contribution in [2.45, 2.75) is 30.8 Å². The number of rotatable bonds is 7. The van der Waals surface area contributed by atoms with Gasteiger partial charge >= 0.3 is 10.4 Å². The molecule has 0 radical (unpaired) electrons. The zero-order valence-electron chi connectivity index (χ0n) is 19.8. The molecular formula is C28H31N2O4S+. The van der Waals surface area contributed by atoms with E-state index in [1.54, 1.807) is 22.5 Å². The van der Waals surface area contributed by atoms with Gasteiger partial charge in [0, 0.05) is 37.7 Å². The lowest BCUT2D eigenvalue weighted by Crippen LogP contribution is -2.43. The monoisotopic (exact) mass is 491 g/mol. The molecule has 2 heterocycles. The first-order valence-electron chi connectivity index (χ1n) is 12.1. The summed E-state index contributed by atoms with van der Waals surface area (Å²) >= 11 is 0. The van der Waals surface area contributed by atoms with Gasteiger partial charge in [0.1, 0.15) is 0 Å². The molecule has 1 saturated heterocycles. The number of morpholine rings is 1. The molecule has 0 aromatic heterocycles. The summed E-state index contributed by atoms with van der Waals surface area (Å²) in [4.78, 5) is 15.7. The second-order valence-electron chi connectivity index (χ2n) is 9.21. The van der Waals surface area contributed by atoms with Gasteiger partial charge in [0.15, 0.2) is 5.78 Å². The Balaban J connectivity index is 1.21. The Kier molecular flexibility index (Phi) is 7.22. The van der Waals surface area contributed by atoms with Crippen LogP contribution in [0.1, 0.15) is 32.6 Å². The maximum absolute atomic E-state index is 13.1. The van der Waals surface area contributed by atoms with Crippen molar-refractivity contribution in [3.05, 3.63) is 101 Å². The molecule has 3 aromatic carbocycles. The predicted octanol–water partition coefficient (Wildman–Crippen LogP) is 4.25. The molecule has 3 aromatic rings. The van der Waals surface area contributed by atoms with E-state index in [0.29, 0.717) is 36.8 Å². The van der Waals surface area contributed by atoms with Crippen LogP contribution in [0, 0.1) is 0 Å². The highest BCUT2D eigenvalue weighted by Crippen LogP contribution is 2.24. The summed E-state index contributed by atoms with van der Waals surface area (Å²) in [7, 11) is -3.34. The van der Waals surface area contributed by atoms with E-state index >= 15 is 0 Å². The van der Waals surface area contributed by atoms with Crippen molar-refractivity contribution in [1.29, 1.82) is 0 Å². The number of hydrogen-bond donors (Lipinski definition) is 1. The van der Waals surface area contributed by atoms with E-state index in [1.807, 2.05) is 30.3 Å². The van der Waals surface area contributed by atoms with Gasteiger partial charge in [-0.3, -0.25) is 9.69 Å². The van der Waals surface area contributed by atoms with Crippen LogP contribution < -0.4 is 0 Å². The molecule has 6 nitrogen and oxygen atoms in total. The third-order valence-corrected chi connectivity index (χ3v) is 8.72. The Morgan fingerprint density at radius 2 is 1.63 bits per heavy atom. The van der Waals surface area contributed by atoms with Crippen LogP contribution in [0.5, 0.6) is 0 Å². The highest BCUT2D eigenvalue weighted by molar-refractivity contribution is 7.95. The van der Waals surface area contributed by atoms with Crippen molar-refractivity contribution in [1.82, 2.24) is 9.21 Å². The van der Waals surface area contributed by atoms with E-state index in [9.17, 15) is 13.6 Å². The zero-order valence-corrected chi connectivity index (χ0v) is 20.6. The third-order valence-electron chi connectivity index (χ3n) is 6.78. The molecular weight excluding hydrogens is 460 g/mol. The second kappa shape index (κ2) is 10.5. The van der Waals surface area contributed by atoms with Crippen LogP contribution in [0.3, 0.4) is 0 Å². The summed E-state index contributed by atoms with van der Waals surface area (Å²) in [6.07, 6.45) is 1.26. The molecule has 2 aliphatic rings. The quantitative estimate of drug-likeness (QED) is 0.395. The smallest absolute Gasteiger partial charge is 0.325 e. The minimum Gasteiger partial charge on any atom is -0.378 e. The van der Waals surface area contributed by atoms with E-state index in [2.05, 4.69) is 29.2 Å². The summed E-state index contributed by atoms with van der Waals surface area (Å²) in [6.45, 7) is 4.55. The Labute approximate surface area is 207 Å². The molecule has 0 saturated carbocycles. The van der Waals surface area contributed by atoms with E-state index in [1.165, 1.54) is 16.7 Å². The first kappa shape index (κ1) is 24.0. The maximum Gasteiger partial charge on any atom is 0.325 e. The largest absolute Gasteiger partial charge is 0.378 e. The molecule has 0 aliphatic carbocycles. The summed E-state index contributed by atoms with van der Waals surface area (Å²) in [6, 6.07) is 23.4. The number of carbonyl (C=O) groups is 1. The van der Waals surface area contributed by atoms with E-state index < -0.39 is 10.4 Å². The maximum atomic E-state index is 13.1. The van der Waals surface area contributed by atoms with Crippen molar-refractivity contribution in [2.75, 3.05) is 32.8 Å². The lowest BCUT2D eigenvalue weighted by atomic mass is 9.99. The lowest BCUT2D eigenvalue weighted by molar-refractivity contribution is 0.0700. The number of ether oxygens (including phenoxy) is 1. The number of carbonyl (C=O) groups excluding carboxylic acids is 1. The number of hydrogen-bond acceptors (Lipinski definition) is 4. The average Bonchev–Trinajstić information content (AvgIpc) is 2.90. The SMILES string of the molecule is O=C(Cc1cccc([S+](=O)(O)N2CCOCC2)c1)c1ccc(CN2CCc3ccccc3C2)cc1. The summed E-state index contributed by atoms with van der Waals surface area (Å²) in [5, 5.41) is 0. The number of benzene rings is 3. The van der Waals surface area contributed by atoms with Gasteiger partial charge in [-0.25, -0.2) is 0 Å². The van der Waals surface area contributed by atoms with Gasteiger partial charge in [0.2, 0.25) is 4.90 Å². The Morgan fingerprint density at radius 1 is 0.886 bits per heavy atom. The standard InChI is InChI=1S/C28H30N2O4S/c31-28(19-23-4-3-7-27(18-23)35(32,33)30-14-16-34-17-15-30)25-10-8-22(9-11-25)20-29-13-12-24-5-1-2-6-26(24)21-29/h1-11,18H,12-17,19-21H2/p+1. The molecule has 35 heavy (non-hydrogen) atoms. The highest BCUT2D eigenvalue weighted by atomic mass is 32.3. The van der Waals surface area contributed by atoms with Crippen molar-refractivity contribution in [3.63, 3.8) is 0 Å². The molecule has 0 amide bonds. The van der Waals surface area contributed by atoms with Crippen LogP contribution in [0.2, 0.25) is 0 Å². The highest BCUT2D eigenvalue weighted by Gasteiger charge is 2.39. The molecule has 5 rings (SSSR count). The fourth-order valence-corrected chi connectivity index (χ4v) is 6.30. The van der Waals surface area contributed by atoms with E-state index in [0.717, 1.165) is 31.6 Å². The summed E-state index contributed by atoms with van der Waals surface area (Å²) in [5.41, 5.74) is 5.41. The van der Waals surface area contributed by atoms with Crippen LogP contribution in [-0.4, -0.2) is 52.4 Å². The third kappa shape index (κ3) is 5.60. The molecule has 1 unspecified atom stereocenters. The molecule has 1 N–H and O–H groups in total. The molecule has 1 atom stereocenters. The van der Waals surface area contributed by atoms with Crippen LogP contribution in [0.15, 0.2) is 77.7 Å². The predicted molar refractivity (Wildman–Crippen MR) is 137 cm³/mol. The fraction of sp³-hybridized carbons (Fsp3) is 0.321. The van der Waals surface area contributed by atoms with Gasteiger partial charge in [0.05, 0.1) is 26.3 Å². The van der Waals surface area contributed by atoms with Gasteiger partial charge in [-0.1, -0.05) is 65.0 Å². The lowest BCUT2D eigenvalue weighted by Gasteiger charge is -2.28. The van der Waals surface area contributed by atoms with Gasteiger partial charge < -0.3 is 4.74 Å². The van der Waals surface area contributed by atoms with Crippen molar-refractivity contribution >= 4 is 16.2 Å². The topological polar surface area (TPSA) is 70.1 Å². The molecule has 0 spiro atoms. The average molecular weight is 492 g/mol. The van der Waals surface area contributed by atoms with Crippen molar-refractivity contribution < 1.29 is 18.3 Å². The molecule has 7 heteroatoms. The minimum absolute atomic E-state index is 0.00332. The van der Waals surface area contributed by atoms with Crippen molar-refractivity contribution in [2.24, 2.45) is 0 Å². The van der Waals surface area contributed by atoms with Gasteiger partial charge in [-0.05, 0) is 38.9 Å². The zero-order chi connectivity index (χ0) is 24.3. The van der Waals surface area contributed by atoms with Gasteiger partial charge in [0.25, 0.3) is 0 Å². The number of ketones is 1. The van der Waals surface area contributed by atoms with Gasteiger partial charge in [-0.2, -0.15) is 4.55 Å². The molecule has 1 fully saturated rings. The normalized spacial score (nSPS) is 18.5. The van der Waals surface area contributed by atoms with Crippen LogP contribution in [-0.2, 0) is 45.3 Å². The molecule has 182 valence electrons. The number of nitrogens with zero attached hydrogens (tertiary/aromatic N) is 2. The Morgan fingerprint density at radius 3 is 2.40 bits per heavy atom. The summed E-state index contributed by atoms with van der Waals surface area (Å²) < 4.78 is 30.6. The number of Topliss-reactive ketones (excluding diaryl/α,β-unsaturated/α-hetero) is 1. The minimum atomic E-state index is -3.34. The molecule has 0 bridgehead atoms. The van der Waals surface area contributed by atoms with Crippen LogP contribution >= 0.6 is 0 Å². The Hall–Kier alpha value is -2.68. The Bertz CT molecular complexity index is 1240. The van der Waals surface area contributed by atoms with Gasteiger partial charge in [-0.15, -0.1) is 0 Å². The first-order chi connectivity index (χ1) is 17.0. The van der Waals surface area contributed by atoms with Crippen LogP contribution in [0.4, 0.5) is 0 Å². The number of fused-ring (bicyclic) bond motifs is 1. The fourth-order valence-electron chi connectivity index (χ4n) is 4.79. The second-order valence-corrected chi connectivity index (χ2v) is 11.2. The first-order valence-corrected chi connectivity index (χ1v) is 13.6. The van der Waals surface area contributed by atoms with E-state index in [-0.39, 0.29) is 12.2 Å². The van der Waals surface area contributed by atoms with E-state index in [4.69, 9.17) is 4.74 Å². The van der Waals surface area contributed by atoms with Crippen LogP contribution in [0.25, 0.3) is 0 Å². The van der Waals surface area contributed by atoms with Crippen molar-refractivity contribution in [3.8, 4) is 0 Å².